The molecule has 1 aromatic heterocycles. The summed E-state index contributed by atoms with van der Waals surface area (Å²) in [5.74, 6) is 1.51. The quantitative estimate of drug-likeness (QED) is 0.840. The number of nitrogens with one attached hydrogen (secondary N) is 2. The van der Waals surface area contributed by atoms with Gasteiger partial charge in [0.25, 0.3) is 5.91 Å². The first kappa shape index (κ1) is 14.1. The Morgan fingerprint density at radius 3 is 3.00 bits per heavy atom. The second kappa shape index (κ2) is 5.62. The number of hydrogen-bond donors (Lipinski definition) is 2. The number of ether oxygens (including phenoxy) is 2. The summed E-state index contributed by atoms with van der Waals surface area (Å²) in [5, 5.41) is 6.55. The smallest absolute Gasteiger partial charge is 0.256 e. The zero-order valence-corrected chi connectivity index (χ0v) is 12.9. The molecule has 6 nitrogen and oxygen atoms in total. The van der Waals surface area contributed by atoms with E-state index in [4.69, 9.17) is 21.1 Å². The second-order valence-electron chi connectivity index (χ2n) is 5.33. The molecule has 2 aliphatic heterocycles. The van der Waals surface area contributed by atoms with Crippen LogP contribution >= 0.6 is 11.6 Å². The first-order valence-corrected chi connectivity index (χ1v) is 7.71. The maximum absolute atomic E-state index is 12.2. The maximum atomic E-state index is 12.2. The Balaban J connectivity index is 1.71. The van der Waals surface area contributed by atoms with Gasteiger partial charge in [0.15, 0.2) is 11.5 Å². The lowest BCUT2D eigenvalue weighted by molar-refractivity contribution is 0.0935. The summed E-state index contributed by atoms with van der Waals surface area (Å²) in [4.78, 5) is 16.4. The molecule has 0 saturated heterocycles. The third kappa shape index (κ3) is 2.55. The van der Waals surface area contributed by atoms with E-state index < -0.39 is 6.17 Å². The number of amides is 1. The van der Waals surface area contributed by atoms with Crippen molar-refractivity contribution in [3.63, 3.8) is 0 Å². The molecular weight excluding hydrogens is 318 g/mol. The summed E-state index contributed by atoms with van der Waals surface area (Å²) in [5.41, 5.74) is 1.30. The zero-order chi connectivity index (χ0) is 15.8. The van der Waals surface area contributed by atoms with Gasteiger partial charge in [-0.15, -0.1) is 0 Å². The Kier molecular flexibility index (Phi) is 3.46. The third-order valence-corrected chi connectivity index (χ3v) is 4.05. The fourth-order valence-electron chi connectivity index (χ4n) is 2.67. The molecule has 23 heavy (non-hydrogen) atoms. The van der Waals surface area contributed by atoms with E-state index in [1.807, 2.05) is 6.07 Å². The molecule has 1 aromatic carbocycles. The molecule has 0 radical (unpaired) electrons. The van der Waals surface area contributed by atoms with Gasteiger partial charge in [-0.1, -0.05) is 11.6 Å². The van der Waals surface area contributed by atoms with Gasteiger partial charge >= 0.3 is 0 Å². The van der Waals surface area contributed by atoms with E-state index >= 15 is 0 Å². The normalized spacial score (nSPS) is 19.2. The highest BCUT2D eigenvalue weighted by molar-refractivity contribution is 6.32. The van der Waals surface area contributed by atoms with Crippen LogP contribution in [0.15, 0.2) is 30.5 Å². The molecule has 4 rings (SSSR count). The zero-order valence-electron chi connectivity index (χ0n) is 12.1. The van der Waals surface area contributed by atoms with Gasteiger partial charge in [-0.2, -0.15) is 0 Å². The van der Waals surface area contributed by atoms with E-state index in [9.17, 15) is 4.79 Å². The number of halogens is 1. The minimum atomic E-state index is -0.431. The minimum absolute atomic E-state index is 0.180. The number of aromatic nitrogens is 1. The van der Waals surface area contributed by atoms with Crippen LogP contribution in [-0.2, 0) is 0 Å². The molecule has 118 valence electrons. The highest BCUT2D eigenvalue weighted by Crippen LogP contribution is 2.40. The van der Waals surface area contributed by atoms with Gasteiger partial charge in [0, 0.05) is 12.6 Å². The molecule has 1 amide bonds. The highest BCUT2D eigenvalue weighted by Gasteiger charge is 2.27. The number of rotatable bonds is 1. The van der Waals surface area contributed by atoms with Gasteiger partial charge in [-0.3, -0.25) is 4.79 Å². The van der Waals surface area contributed by atoms with Crippen molar-refractivity contribution in [2.24, 2.45) is 0 Å². The molecule has 0 bridgehead atoms. The number of carbonyl (C=O) groups excluding carboxylic acids is 1. The van der Waals surface area contributed by atoms with Crippen molar-refractivity contribution in [3.05, 3.63) is 46.6 Å². The van der Waals surface area contributed by atoms with Crippen molar-refractivity contribution in [3.8, 4) is 11.5 Å². The standard InChI is InChI=1S/C16H14ClN3O3/c17-11-7-9(8-12-13(11)23-6-2-5-22-12)14-19-15-10(16(21)20-14)3-1-4-18-15/h1,3-4,7-8,14H,2,5-6H2,(H,18,19)(H,20,21)/t14-/m1/s1. The molecule has 7 heteroatoms. The number of pyridine rings is 1. The van der Waals surface area contributed by atoms with Gasteiger partial charge in [0.2, 0.25) is 0 Å². The van der Waals surface area contributed by atoms with Gasteiger partial charge < -0.3 is 20.1 Å². The maximum Gasteiger partial charge on any atom is 0.256 e. The van der Waals surface area contributed by atoms with Crippen LogP contribution in [0.1, 0.15) is 28.5 Å². The number of anilines is 1. The second-order valence-corrected chi connectivity index (χ2v) is 5.74. The first-order chi connectivity index (χ1) is 11.2. The molecule has 0 saturated carbocycles. The SMILES string of the molecule is O=C1N[C@H](c2cc(Cl)c3c(c2)OCCCO3)Nc2ncccc21. The summed E-state index contributed by atoms with van der Waals surface area (Å²) in [6, 6.07) is 7.05. The summed E-state index contributed by atoms with van der Waals surface area (Å²) in [7, 11) is 0. The van der Waals surface area contributed by atoms with Gasteiger partial charge in [-0.05, 0) is 29.8 Å². The van der Waals surface area contributed by atoms with Crippen LogP contribution < -0.4 is 20.1 Å². The number of hydrogen-bond acceptors (Lipinski definition) is 5. The van der Waals surface area contributed by atoms with Crippen LogP contribution in [0.5, 0.6) is 11.5 Å². The Bertz CT molecular complexity index is 781. The Labute approximate surface area is 137 Å². The van der Waals surface area contributed by atoms with Crippen LogP contribution in [0.25, 0.3) is 0 Å². The predicted octanol–water partition coefficient (Wildman–Crippen LogP) is 2.75. The van der Waals surface area contributed by atoms with Crippen molar-refractivity contribution >= 4 is 23.3 Å². The van der Waals surface area contributed by atoms with E-state index in [0.717, 1.165) is 12.0 Å². The molecule has 2 aromatic rings. The van der Waals surface area contributed by atoms with Crippen molar-refractivity contribution in [2.75, 3.05) is 18.5 Å². The lowest BCUT2D eigenvalue weighted by atomic mass is 10.1. The minimum Gasteiger partial charge on any atom is -0.489 e. The Hall–Kier alpha value is -2.47. The molecule has 2 aliphatic rings. The average Bonchev–Trinajstić information content (AvgIpc) is 2.80. The third-order valence-electron chi connectivity index (χ3n) is 3.77. The molecule has 0 spiro atoms. The summed E-state index contributed by atoms with van der Waals surface area (Å²) in [6.45, 7) is 1.14. The predicted molar refractivity (Wildman–Crippen MR) is 85.1 cm³/mol. The summed E-state index contributed by atoms with van der Waals surface area (Å²) in [6.07, 6.45) is 2.01. The van der Waals surface area contributed by atoms with Crippen molar-refractivity contribution < 1.29 is 14.3 Å². The highest BCUT2D eigenvalue weighted by atomic mass is 35.5. The van der Waals surface area contributed by atoms with Crippen molar-refractivity contribution in [2.45, 2.75) is 12.6 Å². The number of nitrogens with zero attached hydrogens (tertiary/aromatic N) is 1. The molecule has 0 fully saturated rings. The molecule has 1 atom stereocenters. The van der Waals surface area contributed by atoms with Crippen LogP contribution in [0.2, 0.25) is 5.02 Å². The summed E-state index contributed by atoms with van der Waals surface area (Å²) >= 11 is 6.31. The van der Waals surface area contributed by atoms with E-state index in [-0.39, 0.29) is 5.91 Å². The van der Waals surface area contributed by atoms with E-state index in [1.165, 1.54) is 0 Å². The van der Waals surface area contributed by atoms with Gasteiger partial charge in [-0.25, -0.2) is 4.98 Å². The van der Waals surface area contributed by atoms with Gasteiger partial charge in [0.05, 0.1) is 23.8 Å². The number of carbonyl (C=O) groups is 1. The van der Waals surface area contributed by atoms with Crippen LogP contribution in [0, 0.1) is 0 Å². The summed E-state index contributed by atoms with van der Waals surface area (Å²) < 4.78 is 11.3. The number of fused-ring (bicyclic) bond motifs is 2. The van der Waals surface area contributed by atoms with E-state index in [2.05, 4.69) is 15.6 Å². The monoisotopic (exact) mass is 331 g/mol. The lowest BCUT2D eigenvalue weighted by Gasteiger charge is -2.27. The topological polar surface area (TPSA) is 72.5 Å². The van der Waals surface area contributed by atoms with Crippen LogP contribution in [0.4, 0.5) is 5.82 Å². The van der Waals surface area contributed by atoms with Gasteiger partial charge in [0.1, 0.15) is 12.0 Å². The molecule has 2 N–H and O–H groups in total. The van der Waals surface area contributed by atoms with E-state index in [0.29, 0.717) is 41.1 Å². The number of benzene rings is 1. The van der Waals surface area contributed by atoms with Crippen LogP contribution in [-0.4, -0.2) is 24.1 Å². The molecule has 3 heterocycles. The molecular formula is C16H14ClN3O3. The van der Waals surface area contributed by atoms with E-state index in [1.54, 1.807) is 24.4 Å². The van der Waals surface area contributed by atoms with Crippen molar-refractivity contribution in [1.29, 1.82) is 0 Å². The Morgan fingerprint density at radius 2 is 2.09 bits per heavy atom. The fourth-order valence-corrected chi connectivity index (χ4v) is 2.94. The molecule has 0 aliphatic carbocycles. The molecule has 0 unspecified atom stereocenters. The van der Waals surface area contributed by atoms with Crippen LogP contribution in [0.3, 0.4) is 0 Å². The lowest BCUT2D eigenvalue weighted by Crippen LogP contribution is -2.38. The fraction of sp³-hybridized carbons (Fsp3) is 0.250. The largest absolute Gasteiger partial charge is 0.489 e. The first-order valence-electron chi connectivity index (χ1n) is 7.34. The average molecular weight is 332 g/mol. The van der Waals surface area contributed by atoms with Crippen molar-refractivity contribution in [1.82, 2.24) is 10.3 Å². The Morgan fingerprint density at radius 1 is 1.22 bits per heavy atom.